The highest BCUT2D eigenvalue weighted by atomic mass is 35.5. The van der Waals surface area contributed by atoms with Crippen LogP contribution >= 0.6 is 35.6 Å². The van der Waals surface area contributed by atoms with Gasteiger partial charge in [-0.1, -0.05) is 65.9 Å². The Morgan fingerprint density at radius 1 is 1.12 bits per heavy atom. The van der Waals surface area contributed by atoms with Crippen LogP contribution in [0.15, 0.2) is 71.6 Å². The molecule has 0 aromatic heterocycles. The molecule has 164 valence electrons. The Morgan fingerprint density at radius 3 is 2.70 bits per heavy atom. The summed E-state index contributed by atoms with van der Waals surface area (Å²) in [6.45, 7) is 0.234. The number of nitrogens with zero attached hydrogens (tertiary/aromatic N) is 2. The van der Waals surface area contributed by atoms with Crippen molar-refractivity contribution in [1.82, 2.24) is 0 Å². The van der Waals surface area contributed by atoms with Gasteiger partial charge in [0, 0.05) is 10.6 Å². The monoisotopic (exact) mass is 492 g/mol. The van der Waals surface area contributed by atoms with Crippen molar-refractivity contribution >= 4 is 57.6 Å². The van der Waals surface area contributed by atoms with E-state index in [9.17, 15) is 10.1 Å². The van der Waals surface area contributed by atoms with E-state index in [0.717, 1.165) is 11.1 Å². The SMILES string of the molecule is COc1cc(C=C2SC(=S)N(c3cccc(Cl)c3)C2=O)ccc1OCc1ccccc1C#N. The third kappa shape index (κ3) is 5.04. The summed E-state index contributed by atoms with van der Waals surface area (Å²) in [5.74, 6) is 0.844. The molecule has 33 heavy (non-hydrogen) atoms. The van der Waals surface area contributed by atoms with Crippen molar-refractivity contribution in [1.29, 1.82) is 5.26 Å². The molecule has 1 saturated heterocycles. The van der Waals surface area contributed by atoms with E-state index in [2.05, 4.69) is 6.07 Å². The van der Waals surface area contributed by atoms with Gasteiger partial charge in [-0.15, -0.1) is 0 Å². The number of methoxy groups -OCH3 is 1. The minimum atomic E-state index is -0.209. The standard InChI is InChI=1S/C25H17ClN2O3S2/c1-30-22-11-16(9-10-21(22)31-15-18-6-3-2-5-17(18)14-27)12-23-24(29)28(25(32)33-23)20-8-4-7-19(26)13-20/h2-13H,15H2,1H3. The molecule has 1 fully saturated rings. The molecule has 1 heterocycles. The van der Waals surface area contributed by atoms with Crippen LogP contribution in [0.5, 0.6) is 11.5 Å². The molecule has 1 amide bonds. The lowest BCUT2D eigenvalue weighted by Crippen LogP contribution is -2.27. The highest BCUT2D eigenvalue weighted by molar-refractivity contribution is 8.27. The number of thiocarbonyl (C=S) groups is 1. The van der Waals surface area contributed by atoms with Crippen LogP contribution in [0.4, 0.5) is 5.69 Å². The number of amides is 1. The zero-order valence-electron chi connectivity index (χ0n) is 17.4. The summed E-state index contributed by atoms with van der Waals surface area (Å²) in [6, 6.07) is 21.8. The number of rotatable bonds is 6. The largest absolute Gasteiger partial charge is 0.493 e. The number of carbonyl (C=O) groups is 1. The second kappa shape index (κ2) is 10.1. The molecule has 4 rings (SSSR count). The topological polar surface area (TPSA) is 62.6 Å². The van der Waals surface area contributed by atoms with E-state index >= 15 is 0 Å². The molecule has 5 nitrogen and oxygen atoms in total. The van der Waals surface area contributed by atoms with Gasteiger partial charge in [0.1, 0.15) is 6.61 Å². The van der Waals surface area contributed by atoms with Gasteiger partial charge in [-0.05, 0) is 48.0 Å². The summed E-state index contributed by atoms with van der Waals surface area (Å²) in [5.41, 5.74) is 2.75. The molecule has 3 aromatic rings. The summed E-state index contributed by atoms with van der Waals surface area (Å²) in [4.78, 5) is 15.0. The van der Waals surface area contributed by atoms with Crippen molar-refractivity contribution in [2.45, 2.75) is 6.61 Å². The molecule has 0 spiro atoms. The van der Waals surface area contributed by atoms with E-state index in [1.165, 1.54) is 16.7 Å². The van der Waals surface area contributed by atoms with Crippen molar-refractivity contribution in [2.24, 2.45) is 0 Å². The van der Waals surface area contributed by atoms with E-state index in [1.807, 2.05) is 24.3 Å². The number of hydrogen-bond acceptors (Lipinski definition) is 6. The van der Waals surface area contributed by atoms with Crippen LogP contribution in [0.3, 0.4) is 0 Å². The first-order chi connectivity index (χ1) is 16.0. The maximum Gasteiger partial charge on any atom is 0.270 e. The molecule has 0 aliphatic carbocycles. The van der Waals surface area contributed by atoms with Gasteiger partial charge in [0.25, 0.3) is 5.91 Å². The Morgan fingerprint density at radius 2 is 1.94 bits per heavy atom. The molecule has 0 radical (unpaired) electrons. The molecular formula is C25H17ClN2O3S2. The van der Waals surface area contributed by atoms with E-state index in [1.54, 1.807) is 55.7 Å². The smallest absolute Gasteiger partial charge is 0.270 e. The molecule has 1 aliphatic heterocycles. The first-order valence-corrected chi connectivity index (χ1v) is 11.4. The molecule has 8 heteroatoms. The lowest BCUT2D eigenvalue weighted by atomic mass is 10.1. The summed E-state index contributed by atoms with van der Waals surface area (Å²) in [7, 11) is 1.55. The predicted molar refractivity (Wildman–Crippen MR) is 136 cm³/mol. The Balaban J connectivity index is 1.55. The van der Waals surface area contributed by atoms with Gasteiger partial charge in [0.15, 0.2) is 15.8 Å². The fraction of sp³-hybridized carbons (Fsp3) is 0.0800. The maximum absolute atomic E-state index is 13.0. The van der Waals surface area contributed by atoms with Crippen molar-refractivity contribution in [3.05, 3.63) is 93.3 Å². The van der Waals surface area contributed by atoms with Crippen molar-refractivity contribution in [3.8, 4) is 17.6 Å². The van der Waals surface area contributed by atoms with Crippen molar-refractivity contribution < 1.29 is 14.3 Å². The Hall–Kier alpha value is -3.31. The van der Waals surface area contributed by atoms with Gasteiger partial charge in [-0.2, -0.15) is 5.26 Å². The Bertz CT molecular complexity index is 1320. The molecule has 1 aliphatic rings. The van der Waals surface area contributed by atoms with Crippen molar-refractivity contribution in [3.63, 3.8) is 0 Å². The summed E-state index contributed by atoms with van der Waals surface area (Å²) >= 11 is 12.7. The number of halogens is 1. The molecule has 0 unspecified atom stereocenters. The van der Waals surface area contributed by atoms with E-state index in [0.29, 0.717) is 37.0 Å². The van der Waals surface area contributed by atoms with Crippen LogP contribution in [0.2, 0.25) is 5.02 Å². The minimum absolute atomic E-state index is 0.209. The minimum Gasteiger partial charge on any atom is -0.493 e. The third-order valence-corrected chi connectivity index (χ3v) is 6.40. The summed E-state index contributed by atoms with van der Waals surface area (Å²) < 4.78 is 11.8. The first kappa shape index (κ1) is 22.9. The lowest BCUT2D eigenvalue weighted by molar-refractivity contribution is -0.113. The second-order valence-corrected chi connectivity index (χ2v) is 9.08. The predicted octanol–water partition coefficient (Wildman–Crippen LogP) is 6.21. The zero-order chi connectivity index (χ0) is 23.4. The number of benzene rings is 3. The summed E-state index contributed by atoms with van der Waals surface area (Å²) in [5, 5.41) is 9.78. The summed E-state index contributed by atoms with van der Waals surface area (Å²) in [6.07, 6.45) is 1.77. The number of carbonyl (C=O) groups excluding carboxylic acids is 1. The first-order valence-electron chi connectivity index (χ1n) is 9.82. The fourth-order valence-electron chi connectivity index (χ4n) is 3.26. The number of nitriles is 1. The van der Waals surface area contributed by atoms with E-state index in [-0.39, 0.29) is 12.5 Å². The van der Waals surface area contributed by atoms with Crippen LogP contribution in [0, 0.1) is 11.3 Å². The molecular weight excluding hydrogens is 476 g/mol. The van der Waals surface area contributed by atoms with Gasteiger partial charge in [-0.25, -0.2) is 0 Å². The molecule has 0 bridgehead atoms. The highest BCUT2D eigenvalue weighted by Crippen LogP contribution is 2.38. The van der Waals surface area contributed by atoms with Gasteiger partial charge < -0.3 is 9.47 Å². The van der Waals surface area contributed by atoms with Crippen LogP contribution in [-0.4, -0.2) is 17.3 Å². The quantitative estimate of drug-likeness (QED) is 0.301. The Kier molecular flexibility index (Phi) is 6.99. The molecule has 0 saturated carbocycles. The molecule has 0 N–H and O–H groups in total. The molecule has 0 atom stereocenters. The number of thioether (sulfide) groups is 1. The average molecular weight is 493 g/mol. The number of anilines is 1. The highest BCUT2D eigenvalue weighted by Gasteiger charge is 2.33. The van der Waals surface area contributed by atoms with Crippen LogP contribution in [-0.2, 0) is 11.4 Å². The molecule has 3 aromatic carbocycles. The van der Waals surface area contributed by atoms with Crippen LogP contribution < -0.4 is 14.4 Å². The van der Waals surface area contributed by atoms with Gasteiger partial charge in [-0.3, -0.25) is 9.69 Å². The second-order valence-electron chi connectivity index (χ2n) is 6.96. The Labute approximate surface area is 206 Å². The normalized spacial score (nSPS) is 14.5. The maximum atomic E-state index is 13.0. The van der Waals surface area contributed by atoms with E-state index < -0.39 is 0 Å². The average Bonchev–Trinajstić information content (AvgIpc) is 3.10. The third-order valence-electron chi connectivity index (χ3n) is 4.87. The van der Waals surface area contributed by atoms with Crippen LogP contribution in [0.1, 0.15) is 16.7 Å². The van der Waals surface area contributed by atoms with Crippen LogP contribution in [0.25, 0.3) is 6.08 Å². The fourth-order valence-corrected chi connectivity index (χ4v) is 4.74. The lowest BCUT2D eigenvalue weighted by Gasteiger charge is -2.14. The van der Waals surface area contributed by atoms with Gasteiger partial charge in [0.05, 0.1) is 29.3 Å². The number of ether oxygens (including phenoxy) is 2. The number of hydrogen-bond donors (Lipinski definition) is 0. The van der Waals surface area contributed by atoms with Gasteiger partial charge >= 0.3 is 0 Å². The van der Waals surface area contributed by atoms with E-state index in [4.69, 9.17) is 33.3 Å². The van der Waals surface area contributed by atoms with Crippen molar-refractivity contribution in [2.75, 3.05) is 12.0 Å². The zero-order valence-corrected chi connectivity index (χ0v) is 19.8. The van der Waals surface area contributed by atoms with Gasteiger partial charge in [0.2, 0.25) is 0 Å².